The van der Waals surface area contributed by atoms with Crippen molar-refractivity contribution in [2.45, 2.75) is 18.6 Å². The van der Waals surface area contributed by atoms with Crippen LogP contribution in [0.3, 0.4) is 0 Å². The molecule has 0 saturated heterocycles. The van der Waals surface area contributed by atoms with Crippen LogP contribution in [-0.4, -0.2) is 39.4 Å². The van der Waals surface area contributed by atoms with E-state index < -0.39 is 0 Å². The highest BCUT2D eigenvalue weighted by atomic mass is 32.2. The lowest BCUT2D eigenvalue weighted by atomic mass is 10.2. The number of aromatic nitrogens is 3. The third-order valence-electron chi connectivity index (χ3n) is 4.18. The number of anilines is 2. The Morgan fingerprint density at radius 1 is 1.13 bits per heavy atom. The number of rotatable bonds is 9. The highest BCUT2D eigenvalue weighted by Gasteiger charge is 2.17. The first-order chi connectivity index (χ1) is 15.0. The number of hydrogen-bond acceptors (Lipinski definition) is 6. The van der Waals surface area contributed by atoms with Gasteiger partial charge in [-0.1, -0.05) is 36.0 Å². The molecule has 3 aromatic rings. The molecular formula is C22H23N5O3S. The number of ether oxygens (including phenoxy) is 1. The zero-order valence-electron chi connectivity index (χ0n) is 17.3. The quantitative estimate of drug-likeness (QED) is 0.390. The Bertz CT molecular complexity index is 1100. The van der Waals surface area contributed by atoms with Gasteiger partial charge in [0.05, 0.1) is 18.4 Å². The fourth-order valence-electron chi connectivity index (χ4n) is 2.92. The second-order valence-electron chi connectivity index (χ2n) is 6.50. The summed E-state index contributed by atoms with van der Waals surface area (Å²) in [5.74, 6) is 1.10. The number of hydrogen-bond donors (Lipinski definition) is 2. The van der Waals surface area contributed by atoms with Gasteiger partial charge >= 0.3 is 0 Å². The molecule has 0 spiro atoms. The molecule has 0 radical (unpaired) electrons. The number of nitrogens with one attached hydrogen (secondary N) is 2. The number of carbonyl (C=O) groups is 2. The minimum absolute atomic E-state index is 0.144. The van der Waals surface area contributed by atoms with E-state index in [1.807, 2.05) is 28.8 Å². The first kappa shape index (κ1) is 22.1. The van der Waals surface area contributed by atoms with Crippen LogP contribution in [0.2, 0.25) is 0 Å². The number of allylic oxidation sites excluding steroid dienone is 1. The maximum Gasteiger partial charge on any atom is 0.234 e. The Hall–Kier alpha value is -3.59. The van der Waals surface area contributed by atoms with Crippen molar-refractivity contribution in [1.29, 1.82) is 0 Å². The number of para-hydroxylation sites is 1. The zero-order chi connectivity index (χ0) is 22.2. The number of methoxy groups -OCH3 is 1. The molecule has 160 valence electrons. The van der Waals surface area contributed by atoms with Gasteiger partial charge in [-0.25, -0.2) is 0 Å². The number of benzene rings is 2. The summed E-state index contributed by atoms with van der Waals surface area (Å²) in [6.45, 7) is 5.73. The van der Waals surface area contributed by atoms with E-state index in [4.69, 9.17) is 4.74 Å². The van der Waals surface area contributed by atoms with Crippen molar-refractivity contribution < 1.29 is 14.3 Å². The van der Waals surface area contributed by atoms with Gasteiger partial charge in [0, 0.05) is 24.8 Å². The Kier molecular flexibility index (Phi) is 7.45. The molecule has 0 fully saturated rings. The van der Waals surface area contributed by atoms with Crippen LogP contribution in [0.15, 0.2) is 66.3 Å². The summed E-state index contributed by atoms with van der Waals surface area (Å²) in [5.41, 5.74) is 2.02. The van der Waals surface area contributed by atoms with Crippen LogP contribution in [-0.2, 0) is 16.1 Å². The van der Waals surface area contributed by atoms with Crippen LogP contribution < -0.4 is 15.4 Å². The fourth-order valence-corrected chi connectivity index (χ4v) is 3.67. The van der Waals surface area contributed by atoms with E-state index in [9.17, 15) is 9.59 Å². The maximum atomic E-state index is 12.4. The summed E-state index contributed by atoms with van der Waals surface area (Å²) in [7, 11) is 1.61. The minimum atomic E-state index is -0.197. The van der Waals surface area contributed by atoms with Crippen molar-refractivity contribution in [2.24, 2.45) is 0 Å². The van der Waals surface area contributed by atoms with Crippen molar-refractivity contribution in [1.82, 2.24) is 14.8 Å². The van der Waals surface area contributed by atoms with Crippen molar-refractivity contribution in [3.63, 3.8) is 0 Å². The first-order valence-electron chi connectivity index (χ1n) is 9.49. The molecule has 2 aromatic carbocycles. The Morgan fingerprint density at radius 3 is 2.58 bits per heavy atom. The predicted octanol–water partition coefficient (Wildman–Crippen LogP) is 3.83. The highest BCUT2D eigenvalue weighted by Crippen LogP contribution is 2.31. The summed E-state index contributed by atoms with van der Waals surface area (Å²) >= 11 is 1.28. The predicted molar refractivity (Wildman–Crippen MR) is 122 cm³/mol. The van der Waals surface area contributed by atoms with E-state index in [2.05, 4.69) is 27.4 Å². The third-order valence-corrected chi connectivity index (χ3v) is 5.14. The molecule has 0 atom stereocenters. The lowest BCUT2D eigenvalue weighted by Gasteiger charge is -2.11. The summed E-state index contributed by atoms with van der Waals surface area (Å²) in [4.78, 5) is 23.7. The van der Waals surface area contributed by atoms with Crippen LogP contribution in [0, 0.1) is 0 Å². The molecule has 0 aliphatic carbocycles. The van der Waals surface area contributed by atoms with Gasteiger partial charge in [0.2, 0.25) is 11.8 Å². The summed E-state index contributed by atoms with van der Waals surface area (Å²) in [6, 6.07) is 14.5. The van der Waals surface area contributed by atoms with Crippen LogP contribution in [0.1, 0.15) is 6.92 Å². The smallest absolute Gasteiger partial charge is 0.234 e. The Labute approximate surface area is 184 Å². The van der Waals surface area contributed by atoms with Crippen LogP contribution in [0.4, 0.5) is 11.4 Å². The second kappa shape index (κ2) is 10.4. The lowest BCUT2D eigenvalue weighted by molar-refractivity contribution is -0.114. The van der Waals surface area contributed by atoms with E-state index in [0.717, 1.165) is 5.56 Å². The Balaban J connectivity index is 1.72. The summed E-state index contributed by atoms with van der Waals surface area (Å²) in [5, 5.41) is 14.7. The van der Waals surface area contributed by atoms with Gasteiger partial charge in [-0.2, -0.15) is 0 Å². The number of thioether (sulfide) groups is 1. The SMILES string of the molecule is C=CCn1c(SCC(=O)Nc2cccc(NC(C)=O)c2)nnc1-c1ccccc1OC. The van der Waals surface area contributed by atoms with Crippen molar-refractivity contribution in [3.8, 4) is 17.1 Å². The molecule has 0 saturated carbocycles. The minimum Gasteiger partial charge on any atom is -0.496 e. The molecule has 2 N–H and O–H groups in total. The number of amides is 2. The van der Waals surface area contributed by atoms with Gasteiger partial charge in [-0.05, 0) is 30.3 Å². The average molecular weight is 438 g/mol. The molecular weight excluding hydrogens is 414 g/mol. The molecule has 31 heavy (non-hydrogen) atoms. The second-order valence-corrected chi connectivity index (χ2v) is 7.45. The van der Waals surface area contributed by atoms with Crippen LogP contribution in [0.25, 0.3) is 11.4 Å². The topological polar surface area (TPSA) is 98.1 Å². The number of carbonyl (C=O) groups excluding carboxylic acids is 2. The first-order valence-corrected chi connectivity index (χ1v) is 10.5. The third kappa shape index (κ3) is 5.73. The van der Waals surface area contributed by atoms with Crippen molar-refractivity contribution in [2.75, 3.05) is 23.5 Å². The monoisotopic (exact) mass is 437 g/mol. The van der Waals surface area contributed by atoms with Crippen LogP contribution >= 0.6 is 11.8 Å². The molecule has 1 heterocycles. The summed E-state index contributed by atoms with van der Waals surface area (Å²) in [6.07, 6.45) is 1.75. The number of nitrogens with zero attached hydrogens (tertiary/aromatic N) is 3. The molecule has 0 unspecified atom stereocenters. The van der Waals surface area contributed by atoms with Gasteiger partial charge in [0.15, 0.2) is 11.0 Å². The largest absolute Gasteiger partial charge is 0.496 e. The standard InChI is InChI=1S/C22H23N5O3S/c1-4-12-27-21(18-10-5-6-11-19(18)30-3)25-26-22(27)31-14-20(29)24-17-9-7-8-16(13-17)23-15(2)28/h4-11,13H,1,12,14H2,2-3H3,(H,23,28)(H,24,29). The zero-order valence-corrected chi connectivity index (χ0v) is 18.1. The van der Waals surface area contributed by atoms with Crippen LogP contribution in [0.5, 0.6) is 5.75 Å². The molecule has 2 amide bonds. The van der Waals surface area contributed by atoms with Gasteiger partial charge in [0.1, 0.15) is 5.75 Å². The van der Waals surface area contributed by atoms with Gasteiger partial charge in [-0.3, -0.25) is 14.2 Å². The van der Waals surface area contributed by atoms with E-state index in [1.165, 1.54) is 18.7 Å². The molecule has 8 nitrogen and oxygen atoms in total. The maximum absolute atomic E-state index is 12.4. The highest BCUT2D eigenvalue weighted by molar-refractivity contribution is 7.99. The average Bonchev–Trinajstić information content (AvgIpc) is 3.14. The Morgan fingerprint density at radius 2 is 1.87 bits per heavy atom. The van der Waals surface area contributed by atoms with E-state index in [-0.39, 0.29) is 17.6 Å². The van der Waals surface area contributed by atoms with Gasteiger partial charge in [-0.15, -0.1) is 16.8 Å². The molecule has 1 aromatic heterocycles. The molecule has 9 heteroatoms. The lowest BCUT2D eigenvalue weighted by Crippen LogP contribution is -2.15. The molecule has 0 aliphatic rings. The molecule has 0 bridgehead atoms. The molecule has 0 aliphatic heterocycles. The van der Waals surface area contributed by atoms with Gasteiger partial charge < -0.3 is 15.4 Å². The fraction of sp³-hybridized carbons (Fsp3) is 0.182. The van der Waals surface area contributed by atoms with Crippen molar-refractivity contribution >= 4 is 35.0 Å². The van der Waals surface area contributed by atoms with E-state index in [0.29, 0.717) is 34.6 Å². The summed E-state index contributed by atoms with van der Waals surface area (Å²) < 4.78 is 7.33. The van der Waals surface area contributed by atoms with E-state index >= 15 is 0 Å². The molecule has 3 rings (SSSR count). The van der Waals surface area contributed by atoms with E-state index in [1.54, 1.807) is 37.5 Å². The van der Waals surface area contributed by atoms with Crippen molar-refractivity contribution in [3.05, 3.63) is 61.2 Å². The normalized spacial score (nSPS) is 10.4. The van der Waals surface area contributed by atoms with Gasteiger partial charge in [0.25, 0.3) is 0 Å².